The number of aliphatic hydroxyl groups excluding tert-OH is 1. The number of aliphatic hydroxyl groups is 1. The van der Waals surface area contributed by atoms with Gasteiger partial charge in [0, 0.05) is 0 Å². The lowest BCUT2D eigenvalue weighted by atomic mass is 9.98. The first-order chi connectivity index (χ1) is 18.1. The van der Waals surface area contributed by atoms with Crippen molar-refractivity contribution in [3.8, 4) is 0 Å². The summed E-state index contributed by atoms with van der Waals surface area (Å²) in [6, 6.07) is 29.0. The van der Waals surface area contributed by atoms with E-state index in [2.05, 4.69) is 0 Å². The van der Waals surface area contributed by atoms with E-state index < -0.39 is 36.7 Å². The minimum Gasteiger partial charge on any atom is -0.453 e. The van der Waals surface area contributed by atoms with Gasteiger partial charge in [0.1, 0.15) is 24.2 Å². The maximum Gasteiger partial charge on any atom is 0.321 e. The number of rotatable bonds is 12. The average Bonchev–Trinajstić information content (AvgIpc) is 2.94. The first kappa shape index (κ1) is 27.3. The van der Waals surface area contributed by atoms with Gasteiger partial charge in [-0.1, -0.05) is 91.0 Å². The maximum atomic E-state index is 12.1. The van der Waals surface area contributed by atoms with E-state index in [9.17, 15) is 9.90 Å². The molecule has 4 rings (SSSR count). The van der Waals surface area contributed by atoms with Crippen molar-refractivity contribution >= 4 is 17.6 Å². The summed E-state index contributed by atoms with van der Waals surface area (Å²) in [5.74, 6) is -1.06. The van der Waals surface area contributed by atoms with Gasteiger partial charge in [-0.05, 0) is 16.7 Å². The molecule has 196 valence electrons. The van der Waals surface area contributed by atoms with Gasteiger partial charge in [0.25, 0.3) is 0 Å². The Morgan fingerprint density at radius 2 is 1.22 bits per heavy atom. The van der Waals surface area contributed by atoms with Crippen molar-refractivity contribution in [2.24, 2.45) is 0 Å². The number of hydrogen-bond donors (Lipinski definition) is 1. The highest BCUT2D eigenvalue weighted by Gasteiger charge is 2.49. The minimum absolute atomic E-state index is 0.132. The third kappa shape index (κ3) is 8.10. The zero-order valence-corrected chi connectivity index (χ0v) is 21.1. The van der Waals surface area contributed by atoms with Gasteiger partial charge < -0.3 is 28.8 Å². The van der Waals surface area contributed by atoms with E-state index in [0.29, 0.717) is 6.61 Å². The van der Waals surface area contributed by atoms with Gasteiger partial charge in [-0.25, -0.2) is 0 Å². The van der Waals surface area contributed by atoms with Crippen LogP contribution in [-0.2, 0) is 48.3 Å². The molecule has 0 spiro atoms. The SMILES string of the molecule is O=C(CCl)O[C@@H]1[C@@H](OCc2ccccc2)[C@H](OCc2ccccc2)[C@@H](COCc2ccccc2)O[C@@H]1O. The molecule has 0 bridgehead atoms. The molecule has 5 atom stereocenters. The standard InChI is InChI=1S/C29H31ClO7/c30-16-25(31)37-28-27(35-19-23-14-8-3-9-15-23)26(34-18-22-12-6-2-7-13-22)24(36-29(28)32)20-33-17-21-10-4-1-5-11-21/h1-15,24,26-29,32H,16-20H2/t24-,26-,27+,28-,29+/m1/s1. The van der Waals surface area contributed by atoms with Crippen LogP contribution < -0.4 is 0 Å². The molecule has 0 aliphatic carbocycles. The monoisotopic (exact) mass is 526 g/mol. The van der Waals surface area contributed by atoms with Crippen molar-refractivity contribution in [2.45, 2.75) is 50.5 Å². The van der Waals surface area contributed by atoms with Crippen molar-refractivity contribution < 1.29 is 33.6 Å². The summed E-state index contributed by atoms with van der Waals surface area (Å²) in [5.41, 5.74) is 2.88. The molecule has 3 aromatic carbocycles. The van der Waals surface area contributed by atoms with Crippen LogP contribution in [0.25, 0.3) is 0 Å². The normalized spacial score (nSPS) is 23.5. The van der Waals surface area contributed by atoms with E-state index in [1.54, 1.807) is 0 Å². The van der Waals surface area contributed by atoms with Gasteiger partial charge in [0.05, 0.1) is 26.4 Å². The molecule has 0 radical (unpaired) electrons. The van der Waals surface area contributed by atoms with Crippen molar-refractivity contribution in [1.82, 2.24) is 0 Å². The van der Waals surface area contributed by atoms with Crippen molar-refractivity contribution in [2.75, 3.05) is 12.5 Å². The summed E-state index contributed by atoms with van der Waals surface area (Å²) >= 11 is 5.68. The Morgan fingerprint density at radius 1 is 0.730 bits per heavy atom. The topological polar surface area (TPSA) is 83.5 Å². The second kappa shape index (κ2) is 14.2. The van der Waals surface area contributed by atoms with E-state index >= 15 is 0 Å². The molecule has 0 aromatic heterocycles. The Bertz CT molecular complexity index is 1070. The largest absolute Gasteiger partial charge is 0.453 e. The third-order valence-electron chi connectivity index (χ3n) is 5.95. The number of esters is 1. The van der Waals surface area contributed by atoms with Gasteiger partial charge >= 0.3 is 5.97 Å². The van der Waals surface area contributed by atoms with Crippen molar-refractivity contribution in [3.05, 3.63) is 108 Å². The zero-order chi connectivity index (χ0) is 25.9. The van der Waals surface area contributed by atoms with E-state index in [0.717, 1.165) is 16.7 Å². The second-order valence-electron chi connectivity index (χ2n) is 8.68. The Balaban J connectivity index is 1.54. The van der Waals surface area contributed by atoms with Crippen molar-refractivity contribution in [3.63, 3.8) is 0 Å². The van der Waals surface area contributed by atoms with Gasteiger partial charge in [0.2, 0.25) is 0 Å². The van der Waals surface area contributed by atoms with Crippen LogP contribution in [0.2, 0.25) is 0 Å². The Labute approximate surface area is 221 Å². The quantitative estimate of drug-likeness (QED) is 0.279. The molecule has 1 N–H and O–H groups in total. The van der Waals surface area contributed by atoms with Crippen LogP contribution in [0.4, 0.5) is 0 Å². The molecule has 1 fully saturated rings. The molecule has 1 aliphatic heterocycles. The summed E-state index contributed by atoms with van der Waals surface area (Å²) in [5, 5.41) is 10.8. The molecule has 0 saturated carbocycles. The summed E-state index contributed by atoms with van der Waals surface area (Å²) in [6.07, 6.45) is -4.83. The van der Waals surface area contributed by atoms with Crippen LogP contribution in [0.15, 0.2) is 91.0 Å². The molecule has 8 heteroatoms. The van der Waals surface area contributed by atoms with Gasteiger partial charge in [-0.15, -0.1) is 11.6 Å². The molecule has 1 saturated heterocycles. The lowest BCUT2D eigenvalue weighted by Crippen LogP contribution is -2.61. The summed E-state index contributed by atoms with van der Waals surface area (Å²) < 4.78 is 29.8. The molecule has 7 nitrogen and oxygen atoms in total. The van der Waals surface area contributed by atoms with E-state index in [-0.39, 0.29) is 25.7 Å². The predicted molar refractivity (Wildman–Crippen MR) is 138 cm³/mol. The minimum atomic E-state index is -1.45. The smallest absolute Gasteiger partial charge is 0.321 e. The van der Waals surface area contributed by atoms with Gasteiger partial charge in [-0.2, -0.15) is 0 Å². The maximum absolute atomic E-state index is 12.1. The molecular weight excluding hydrogens is 496 g/mol. The van der Waals surface area contributed by atoms with Gasteiger partial charge in [0.15, 0.2) is 12.4 Å². The van der Waals surface area contributed by atoms with Crippen LogP contribution in [0, 0.1) is 0 Å². The van der Waals surface area contributed by atoms with Crippen molar-refractivity contribution in [1.29, 1.82) is 0 Å². The number of hydrogen-bond acceptors (Lipinski definition) is 7. The second-order valence-corrected chi connectivity index (χ2v) is 8.94. The number of carbonyl (C=O) groups excluding carboxylic acids is 1. The molecule has 0 unspecified atom stereocenters. The number of alkyl halides is 1. The first-order valence-electron chi connectivity index (χ1n) is 12.2. The Morgan fingerprint density at radius 3 is 1.73 bits per heavy atom. The fourth-order valence-corrected chi connectivity index (χ4v) is 4.19. The summed E-state index contributed by atoms with van der Waals surface area (Å²) in [4.78, 5) is 12.1. The van der Waals surface area contributed by atoms with Crippen LogP contribution >= 0.6 is 11.6 Å². The molecule has 37 heavy (non-hydrogen) atoms. The number of ether oxygens (including phenoxy) is 5. The van der Waals surface area contributed by atoms with Crippen LogP contribution in [-0.4, -0.2) is 54.3 Å². The van der Waals surface area contributed by atoms with Crippen LogP contribution in [0.5, 0.6) is 0 Å². The average molecular weight is 527 g/mol. The van der Waals surface area contributed by atoms with E-state index in [1.807, 2.05) is 91.0 Å². The van der Waals surface area contributed by atoms with E-state index in [1.165, 1.54) is 0 Å². The fraction of sp³-hybridized carbons (Fsp3) is 0.345. The third-order valence-corrected chi connectivity index (χ3v) is 6.17. The first-order valence-corrected chi connectivity index (χ1v) is 12.7. The van der Waals surface area contributed by atoms with E-state index in [4.69, 9.17) is 35.3 Å². The Kier molecular flexibility index (Phi) is 10.5. The Hall–Kier alpha value is -2.78. The predicted octanol–water partition coefficient (Wildman–Crippen LogP) is 4.24. The molecular formula is C29H31ClO7. The molecule has 1 aliphatic rings. The highest BCUT2D eigenvalue weighted by molar-refractivity contribution is 6.26. The van der Waals surface area contributed by atoms with Crippen LogP contribution in [0.3, 0.4) is 0 Å². The fourth-order valence-electron chi connectivity index (χ4n) is 4.13. The zero-order valence-electron chi connectivity index (χ0n) is 20.4. The summed E-state index contributed by atoms with van der Waals surface area (Å²) in [7, 11) is 0. The lowest BCUT2D eigenvalue weighted by molar-refractivity contribution is -0.309. The number of benzene rings is 3. The lowest BCUT2D eigenvalue weighted by Gasteiger charge is -2.44. The highest BCUT2D eigenvalue weighted by Crippen LogP contribution is 2.29. The number of carbonyl (C=O) groups is 1. The summed E-state index contributed by atoms with van der Waals surface area (Å²) in [6.45, 7) is 0.979. The van der Waals surface area contributed by atoms with Crippen LogP contribution in [0.1, 0.15) is 16.7 Å². The molecule has 3 aromatic rings. The number of halogens is 1. The molecule has 1 heterocycles. The highest BCUT2D eigenvalue weighted by atomic mass is 35.5. The van der Waals surface area contributed by atoms with Gasteiger partial charge in [-0.3, -0.25) is 4.79 Å². The molecule has 0 amide bonds.